The average molecular weight is 261 g/mol. The van der Waals surface area contributed by atoms with Gasteiger partial charge in [-0.05, 0) is 6.92 Å². The van der Waals surface area contributed by atoms with E-state index >= 15 is 0 Å². The lowest BCUT2D eigenvalue weighted by molar-refractivity contribution is 0.766. The first kappa shape index (κ1) is 13.3. The lowest BCUT2D eigenvalue weighted by atomic mass is 10.2. The van der Waals surface area contributed by atoms with Gasteiger partial charge in [0, 0.05) is 30.8 Å². The van der Waals surface area contributed by atoms with E-state index in [1.807, 2.05) is 40.1 Å². The van der Waals surface area contributed by atoms with E-state index < -0.39 is 0 Å². The summed E-state index contributed by atoms with van der Waals surface area (Å²) in [5.74, 6) is 8.52. The molecule has 0 aliphatic heterocycles. The highest BCUT2D eigenvalue weighted by molar-refractivity contribution is 5.62. The second-order valence-corrected chi connectivity index (χ2v) is 4.70. The van der Waals surface area contributed by atoms with Gasteiger partial charge in [-0.1, -0.05) is 13.8 Å². The molecule has 0 aliphatic rings. The van der Waals surface area contributed by atoms with Crippen LogP contribution in [0.3, 0.4) is 0 Å². The smallest absolute Gasteiger partial charge is 0.153 e. The van der Waals surface area contributed by atoms with Gasteiger partial charge in [-0.25, -0.2) is 15.8 Å². The number of hydrogen-bond acceptors (Lipinski definition) is 6. The molecule has 0 bridgehead atoms. The van der Waals surface area contributed by atoms with Gasteiger partial charge in [0.2, 0.25) is 0 Å². The molecule has 0 fully saturated rings. The van der Waals surface area contributed by atoms with Crippen LogP contribution >= 0.6 is 0 Å². The van der Waals surface area contributed by atoms with Crippen LogP contribution in [0.5, 0.6) is 0 Å². The van der Waals surface area contributed by atoms with Crippen LogP contribution in [0, 0.1) is 6.92 Å². The van der Waals surface area contributed by atoms with E-state index in [1.54, 1.807) is 4.68 Å². The van der Waals surface area contributed by atoms with E-state index in [-0.39, 0.29) is 5.92 Å². The van der Waals surface area contributed by atoms with Gasteiger partial charge < -0.3 is 10.7 Å². The van der Waals surface area contributed by atoms with Crippen molar-refractivity contribution in [1.82, 2.24) is 19.7 Å². The van der Waals surface area contributed by atoms with Crippen LogP contribution in [0.2, 0.25) is 0 Å². The largest absolute Gasteiger partial charge is 0.323 e. The molecule has 7 heteroatoms. The molecule has 2 heterocycles. The molecule has 0 saturated carbocycles. The molecule has 102 valence electrons. The summed E-state index contributed by atoms with van der Waals surface area (Å²) in [5, 5.41) is 7.45. The summed E-state index contributed by atoms with van der Waals surface area (Å²) in [6, 6.07) is 1.88. The third kappa shape index (κ3) is 2.82. The van der Waals surface area contributed by atoms with Crippen molar-refractivity contribution >= 4 is 17.5 Å². The molecule has 2 rings (SSSR count). The second kappa shape index (κ2) is 5.23. The SMILES string of the molecule is Cc1c(NN)nc(C(C)C)nc1Nc1ccn(C)n1. The molecule has 0 atom stereocenters. The van der Waals surface area contributed by atoms with Crippen molar-refractivity contribution in [3.05, 3.63) is 23.7 Å². The lowest BCUT2D eigenvalue weighted by Crippen LogP contribution is -2.14. The monoisotopic (exact) mass is 261 g/mol. The minimum absolute atomic E-state index is 0.219. The van der Waals surface area contributed by atoms with Gasteiger partial charge in [-0.15, -0.1) is 0 Å². The lowest BCUT2D eigenvalue weighted by Gasteiger charge is -2.13. The maximum absolute atomic E-state index is 5.50. The Morgan fingerprint density at radius 1 is 1.26 bits per heavy atom. The number of aryl methyl sites for hydroxylation is 1. The minimum atomic E-state index is 0.219. The molecule has 0 radical (unpaired) electrons. The van der Waals surface area contributed by atoms with E-state index in [4.69, 9.17) is 5.84 Å². The third-order valence-corrected chi connectivity index (χ3v) is 2.78. The molecule has 0 unspecified atom stereocenters. The summed E-state index contributed by atoms with van der Waals surface area (Å²) >= 11 is 0. The Kier molecular flexibility index (Phi) is 3.66. The zero-order chi connectivity index (χ0) is 14.0. The summed E-state index contributed by atoms with van der Waals surface area (Å²) < 4.78 is 1.73. The first-order chi connectivity index (χ1) is 9.01. The van der Waals surface area contributed by atoms with Crippen LogP contribution in [-0.2, 0) is 7.05 Å². The Morgan fingerprint density at radius 3 is 2.47 bits per heavy atom. The standard InChI is InChI=1S/C12H19N7/c1-7(2)10-15-11(8(3)12(16-10)17-13)14-9-5-6-19(4)18-9/h5-7H,13H2,1-4H3,(H2,14,15,16,17,18). The molecule has 0 aromatic carbocycles. The van der Waals surface area contributed by atoms with E-state index in [1.165, 1.54) is 0 Å². The van der Waals surface area contributed by atoms with Crippen LogP contribution in [0.4, 0.5) is 17.5 Å². The molecular weight excluding hydrogens is 242 g/mol. The number of nitrogens with one attached hydrogen (secondary N) is 2. The van der Waals surface area contributed by atoms with Gasteiger partial charge in [0.1, 0.15) is 17.5 Å². The second-order valence-electron chi connectivity index (χ2n) is 4.70. The highest BCUT2D eigenvalue weighted by Crippen LogP contribution is 2.24. The van der Waals surface area contributed by atoms with Crippen molar-refractivity contribution in [2.24, 2.45) is 12.9 Å². The van der Waals surface area contributed by atoms with E-state index in [9.17, 15) is 0 Å². The van der Waals surface area contributed by atoms with Gasteiger partial charge in [-0.3, -0.25) is 4.68 Å². The molecule has 0 spiro atoms. The van der Waals surface area contributed by atoms with Crippen molar-refractivity contribution in [2.75, 3.05) is 10.7 Å². The number of anilines is 3. The highest BCUT2D eigenvalue weighted by atomic mass is 15.3. The van der Waals surface area contributed by atoms with Crippen LogP contribution < -0.4 is 16.6 Å². The third-order valence-electron chi connectivity index (χ3n) is 2.78. The molecule has 19 heavy (non-hydrogen) atoms. The number of hydrazine groups is 1. The predicted molar refractivity (Wildman–Crippen MR) is 75.2 cm³/mol. The highest BCUT2D eigenvalue weighted by Gasteiger charge is 2.13. The maximum atomic E-state index is 5.50. The van der Waals surface area contributed by atoms with Crippen LogP contribution in [-0.4, -0.2) is 19.7 Å². The molecule has 0 saturated heterocycles. The number of aromatic nitrogens is 4. The van der Waals surface area contributed by atoms with E-state index in [0.29, 0.717) is 11.6 Å². The zero-order valence-electron chi connectivity index (χ0n) is 11.6. The first-order valence-corrected chi connectivity index (χ1v) is 6.13. The number of rotatable bonds is 4. The minimum Gasteiger partial charge on any atom is -0.323 e. The maximum Gasteiger partial charge on any atom is 0.153 e. The van der Waals surface area contributed by atoms with Crippen molar-refractivity contribution in [3.8, 4) is 0 Å². The fraction of sp³-hybridized carbons (Fsp3) is 0.417. The number of hydrogen-bond donors (Lipinski definition) is 3. The summed E-state index contributed by atoms with van der Waals surface area (Å²) in [6.07, 6.45) is 1.87. The van der Waals surface area contributed by atoms with E-state index in [0.717, 1.165) is 17.2 Å². The number of nitrogens with zero attached hydrogens (tertiary/aromatic N) is 4. The molecule has 0 amide bonds. The first-order valence-electron chi connectivity index (χ1n) is 6.13. The molecule has 2 aromatic heterocycles. The Hall–Kier alpha value is -2.15. The fourth-order valence-corrected chi connectivity index (χ4v) is 1.66. The Morgan fingerprint density at radius 2 is 1.95 bits per heavy atom. The Balaban J connectivity index is 2.40. The quantitative estimate of drug-likeness (QED) is 0.572. The molecule has 7 nitrogen and oxygen atoms in total. The average Bonchev–Trinajstić information content (AvgIpc) is 2.77. The van der Waals surface area contributed by atoms with Crippen LogP contribution in [0.25, 0.3) is 0 Å². The summed E-state index contributed by atoms with van der Waals surface area (Å²) in [7, 11) is 1.87. The van der Waals surface area contributed by atoms with Crippen molar-refractivity contribution in [3.63, 3.8) is 0 Å². The van der Waals surface area contributed by atoms with Crippen molar-refractivity contribution in [1.29, 1.82) is 0 Å². The number of nitrogens with two attached hydrogens (primary N) is 1. The Labute approximate surface area is 112 Å². The van der Waals surface area contributed by atoms with Gasteiger partial charge in [-0.2, -0.15) is 5.10 Å². The summed E-state index contributed by atoms with van der Waals surface area (Å²) in [5.41, 5.74) is 3.46. The van der Waals surface area contributed by atoms with Crippen LogP contribution in [0.15, 0.2) is 12.3 Å². The van der Waals surface area contributed by atoms with Crippen LogP contribution in [0.1, 0.15) is 31.2 Å². The molecule has 4 N–H and O–H groups in total. The van der Waals surface area contributed by atoms with E-state index in [2.05, 4.69) is 25.8 Å². The topological polar surface area (TPSA) is 93.7 Å². The number of nitrogen functional groups attached to an aromatic ring is 1. The summed E-state index contributed by atoms with van der Waals surface area (Å²) in [6.45, 7) is 5.98. The fourth-order valence-electron chi connectivity index (χ4n) is 1.66. The molecular formula is C12H19N7. The molecule has 2 aromatic rings. The van der Waals surface area contributed by atoms with Gasteiger partial charge in [0.15, 0.2) is 5.82 Å². The Bertz CT molecular complexity index is 573. The normalized spacial score (nSPS) is 10.8. The predicted octanol–water partition coefficient (Wildman–Crippen LogP) is 1.67. The van der Waals surface area contributed by atoms with Crippen molar-refractivity contribution < 1.29 is 0 Å². The van der Waals surface area contributed by atoms with Gasteiger partial charge >= 0.3 is 0 Å². The zero-order valence-corrected chi connectivity index (χ0v) is 11.6. The summed E-state index contributed by atoms with van der Waals surface area (Å²) in [4.78, 5) is 8.90. The van der Waals surface area contributed by atoms with Crippen molar-refractivity contribution in [2.45, 2.75) is 26.7 Å². The molecule has 0 aliphatic carbocycles. The van der Waals surface area contributed by atoms with Gasteiger partial charge in [0.25, 0.3) is 0 Å². The van der Waals surface area contributed by atoms with Gasteiger partial charge in [0.05, 0.1) is 0 Å².